The first-order valence-electron chi connectivity index (χ1n) is 5.17. The molecule has 0 spiro atoms. The van der Waals surface area contributed by atoms with Gasteiger partial charge in [-0.1, -0.05) is 15.9 Å². The number of aromatic nitrogens is 2. The fourth-order valence-electron chi connectivity index (χ4n) is 1.36. The van der Waals surface area contributed by atoms with Gasteiger partial charge >= 0.3 is 12.0 Å². The molecule has 7 heteroatoms. The van der Waals surface area contributed by atoms with E-state index in [9.17, 15) is 9.18 Å². The molecule has 0 fully saturated rings. The van der Waals surface area contributed by atoms with E-state index in [-0.39, 0.29) is 23.0 Å². The molecule has 98 valence electrons. The predicted molar refractivity (Wildman–Crippen MR) is 67.9 cm³/mol. The number of carbonyl (C=O) groups is 1. The fourth-order valence-corrected chi connectivity index (χ4v) is 1.70. The van der Waals surface area contributed by atoms with E-state index in [0.29, 0.717) is 4.47 Å². The minimum Gasteiger partial charge on any atom is -0.478 e. The Morgan fingerprint density at radius 1 is 1.47 bits per heavy atom. The summed E-state index contributed by atoms with van der Waals surface area (Å²) in [6.07, 6.45) is 1.12. The minimum absolute atomic E-state index is 0.0259. The van der Waals surface area contributed by atoms with Crippen molar-refractivity contribution in [2.24, 2.45) is 0 Å². The molecule has 0 aliphatic carbocycles. The summed E-state index contributed by atoms with van der Waals surface area (Å²) in [7, 11) is 0. The number of ether oxygens (including phenoxy) is 1. The van der Waals surface area contributed by atoms with Crippen molar-refractivity contribution in [1.82, 2.24) is 9.97 Å². The lowest BCUT2D eigenvalue weighted by atomic mass is 10.2. The van der Waals surface area contributed by atoms with Crippen molar-refractivity contribution >= 4 is 21.9 Å². The minimum atomic E-state index is -1.13. The third-order valence-electron chi connectivity index (χ3n) is 2.28. The summed E-state index contributed by atoms with van der Waals surface area (Å²) in [4.78, 5) is 18.4. The van der Waals surface area contributed by atoms with E-state index >= 15 is 0 Å². The van der Waals surface area contributed by atoms with Crippen LogP contribution in [-0.2, 0) is 0 Å². The van der Waals surface area contributed by atoms with Gasteiger partial charge in [0.15, 0.2) is 11.6 Å². The van der Waals surface area contributed by atoms with Crippen molar-refractivity contribution in [1.29, 1.82) is 0 Å². The Hall–Kier alpha value is -2.02. The summed E-state index contributed by atoms with van der Waals surface area (Å²) in [5, 5.41) is 8.84. The molecule has 0 radical (unpaired) electrons. The number of nitrogens with zero attached hydrogens (tertiary/aromatic N) is 2. The Labute approximate surface area is 116 Å². The largest absolute Gasteiger partial charge is 0.478 e. The summed E-state index contributed by atoms with van der Waals surface area (Å²) in [6, 6.07) is 4.08. The van der Waals surface area contributed by atoms with Gasteiger partial charge in [0.1, 0.15) is 0 Å². The highest BCUT2D eigenvalue weighted by Gasteiger charge is 2.12. The first-order chi connectivity index (χ1) is 8.97. The number of hydrogen-bond donors (Lipinski definition) is 1. The third kappa shape index (κ3) is 3.05. The second-order valence-corrected chi connectivity index (χ2v) is 4.55. The molecule has 1 heterocycles. The van der Waals surface area contributed by atoms with Gasteiger partial charge in [-0.15, -0.1) is 0 Å². The van der Waals surface area contributed by atoms with Crippen LogP contribution in [0.3, 0.4) is 0 Å². The Morgan fingerprint density at radius 3 is 2.84 bits per heavy atom. The molecule has 1 N–H and O–H groups in total. The van der Waals surface area contributed by atoms with E-state index in [1.54, 1.807) is 0 Å². The molecule has 5 nitrogen and oxygen atoms in total. The van der Waals surface area contributed by atoms with Gasteiger partial charge in [0.05, 0.1) is 11.3 Å². The Balaban J connectivity index is 2.31. The smallest absolute Gasteiger partial charge is 0.339 e. The van der Waals surface area contributed by atoms with Gasteiger partial charge in [-0.05, 0) is 25.1 Å². The van der Waals surface area contributed by atoms with Crippen molar-refractivity contribution in [2.45, 2.75) is 6.92 Å². The van der Waals surface area contributed by atoms with E-state index in [2.05, 4.69) is 25.9 Å². The lowest BCUT2D eigenvalue weighted by Crippen LogP contribution is -2.04. The van der Waals surface area contributed by atoms with Crippen molar-refractivity contribution in [3.63, 3.8) is 0 Å². The molecule has 2 aromatic rings. The average molecular weight is 327 g/mol. The molecule has 0 saturated heterocycles. The SMILES string of the molecule is Cc1nc(Oc2cc(Br)ccc2F)ncc1C(=O)O. The topological polar surface area (TPSA) is 72.3 Å². The van der Waals surface area contributed by atoms with E-state index in [1.165, 1.54) is 25.1 Å². The van der Waals surface area contributed by atoms with Gasteiger partial charge in [-0.2, -0.15) is 4.98 Å². The second-order valence-electron chi connectivity index (χ2n) is 3.63. The van der Waals surface area contributed by atoms with E-state index in [4.69, 9.17) is 9.84 Å². The maximum Gasteiger partial charge on any atom is 0.339 e. The second kappa shape index (κ2) is 5.31. The van der Waals surface area contributed by atoms with Crippen LogP contribution in [0.25, 0.3) is 0 Å². The number of rotatable bonds is 3. The van der Waals surface area contributed by atoms with E-state index in [0.717, 1.165) is 6.20 Å². The van der Waals surface area contributed by atoms with Crippen LogP contribution >= 0.6 is 15.9 Å². The van der Waals surface area contributed by atoms with Crippen LogP contribution in [0.1, 0.15) is 16.1 Å². The lowest BCUT2D eigenvalue weighted by Gasteiger charge is -2.06. The lowest BCUT2D eigenvalue weighted by molar-refractivity contribution is 0.0695. The summed E-state index contributed by atoms with van der Waals surface area (Å²) in [5.74, 6) is -1.73. The molecule has 0 bridgehead atoms. The molecule has 0 aliphatic heterocycles. The van der Waals surface area contributed by atoms with Gasteiger partial charge in [-0.25, -0.2) is 14.2 Å². The van der Waals surface area contributed by atoms with Crippen LogP contribution in [0.4, 0.5) is 4.39 Å². The average Bonchev–Trinajstić information content (AvgIpc) is 2.33. The van der Waals surface area contributed by atoms with Crippen LogP contribution in [-0.4, -0.2) is 21.0 Å². The Bertz CT molecular complexity index is 649. The van der Waals surface area contributed by atoms with Gasteiger partial charge in [0.25, 0.3) is 0 Å². The third-order valence-corrected chi connectivity index (χ3v) is 2.78. The van der Waals surface area contributed by atoms with Crippen molar-refractivity contribution in [2.75, 3.05) is 0 Å². The number of halogens is 2. The van der Waals surface area contributed by atoms with Gasteiger partial charge < -0.3 is 9.84 Å². The molecular weight excluding hydrogens is 319 g/mol. The maximum atomic E-state index is 13.5. The Morgan fingerprint density at radius 2 is 2.21 bits per heavy atom. The van der Waals surface area contributed by atoms with Gasteiger partial charge in [0, 0.05) is 10.7 Å². The van der Waals surface area contributed by atoms with Gasteiger partial charge in [-0.3, -0.25) is 0 Å². The number of aromatic carboxylic acids is 1. The standard InChI is InChI=1S/C12H8BrFN2O3/c1-6-8(11(17)18)5-15-12(16-6)19-10-4-7(13)2-3-9(10)14/h2-5H,1H3,(H,17,18). The highest BCUT2D eigenvalue weighted by Crippen LogP contribution is 2.25. The Kier molecular flexibility index (Phi) is 3.75. The van der Waals surface area contributed by atoms with Crippen LogP contribution in [0.15, 0.2) is 28.9 Å². The highest BCUT2D eigenvalue weighted by molar-refractivity contribution is 9.10. The first-order valence-corrected chi connectivity index (χ1v) is 5.96. The summed E-state index contributed by atoms with van der Waals surface area (Å²) in [5.41, 5.74) is 0.218. The molecular formula is C12H8BrFN2O3. The molecule has 0 atom stereocenters. The number of benzene rings is 1. The molecule has 1 aromatic carbocycles. The van der Waals surface area contributed by atoms with Crippen molar-refractivity contribution in [3.8, 4) is 11.8 Å². The zero-order valence-corrected chi connectivity index (χ0v) is 11.3. The molecule has 0 amide bonds. The van der Waals surface area contributed by atoms with Crippen LogP contribution in [0.5, 0.6) is 11.8 Å². The summed E-state index contributed by atoms with van der Waals surface area (Å²) in [6.45, 7) is 1.51. The summed E-state index contributed by atoms with van der Waals surface area (Å²) < 4.78 is 19.3. The highest BCUT2D eigenvalue weighted by atomic mass is 79.9. The zero-order chi connectivity index (χ0) is 14.0. The predicted octanol–water partition coefficient (Wildman–Crippen LogP) is 3.18. The van der Waals surface area contributed by atoms with Crippen molar-refractivity contribution < 1.29 is 19.0 Å². The fraction of sp³-hybridized carbons (Fsp3) is 0.0833. The number of carboxylic acid groups (broad SMARTS) is 1. The monoisotopic (exact) mass is 326 g/mol. The molecule has 19 heavy (non-hydrogen) atoms. The molecule has 0 unspecified atom stereocenters. The number of hydrogen-bond acceptors (Lipinski definition) is 4. The normalized spacial score (nSPS) is 10.3. The van der Waals surface area contributed by atoms with Crippen molar-refractivity contribution in [3.05, 3.63) is 45.9 Å². The molecule has 1 aromatic heterocycles. The van der Waals surface area contributed by atoms with Crippen LogP contribution < -0.4 is 4.74 Å². The maximum absolute atomic E-state index is 13.5. The van der Waals surface area contributed by atoms with E-state index in [1.807, 2.05) is 0 Å². The number of carboxylic acids is 1. The first kappa shape index (κ1) is 13.4. The van der Waals surface area contributed by atoms with Crippen LogP contribution in [0.2, 0.25) is 0 Å². The van der Waals surface area contributed by atoms with Crippen LogP contribution in [0, 0.1) is 12.7 Å². The quantitative estimate of drug-likeness (QED) is 0.937. The number of aryl methyl sites for hydroxylation is 1. The van der Waals surface area contributed by atoms with E-state index < -0.39 is 11.8 Å². The van der Waals surface area contributed by atoms with Gasteiger partial charge in [0.2, 0.25) is 0 Å². The molecule has 2 rings (SSSR count). The molecule has 0 saturated carbocycles. The molecule has 0 aliphatic rings. The zero-order valence-electron chi connectivity index (χ0n) is 9.72. The summed E-state index contributed by atoms with van der Waals surface area (Å²) >= 11 is 3.19.